The molecule has 0 aliphatic heterocycles. The third kappa shape index (κ3) is 4.34. The Morgan fingerprint density at radius 1 is 1.42 bits per heavy atom. The van der Waals surface area contributed by atoms with Gasteiger partial charge in [-0.15, -0.1) is 0 Å². The highest BCUT2D eigenvalue weighted by atomic mass is 79.9. The second-order valence-electron chi connectivity index (χ2n) is 4.48. The minimum atomic E-state index is -0.430. The summed E-state index contributed by atoms with van der Waals surface area (Å²) in [5.41, 5.74) is 0. The number of anilines is 2. The van der Waals surface area contributed by atoms with Gasteiger partial charge in [0.25, 0.3) is 0 Å². The Hall–Kier alpha value is -1.37. The Morgan fingerprint density at radius 2 is 2.05 bits per heavy atom. The van der Waals surface area contributed by atoms with Gasteiger partial charge >= 0.3 is 5.97 Å². The minimum absolute atomic E-state index is 0.301. The van der Waals surface area contributed by atoms with Crippen molar-refractivity contribution in [2.75, 3.05) is 24.8 Å². The number of esters is 1. The number of halogens is 1. The van der Waals surface area contributed by atoms with E-state index in [9.17, 15) is 4.79 Å². The normalized spacial score (nSPS) is 12.1. The molecule has 1 aromatic rings. The van der Waals surface area contributed by atoms with Crippen molar-refractivity contribution in [3.8, 4) is 0 Å². The summed E-state index contributed by atoms with van der Waals surface area (Å²) in [6.07, 6.45) is 2.10. The zero-order valence-electron chi connectivity index (χ0n) is 11.5. The van der Waals surface area contributed by atoms with Gasteiger partial charge in [-0.1, -0.05) is 13.8 Å². The predicted octanol–water partition coefficient (Wildman–Crippen LogP) is 2.28. The van der Waals surface area contributed by atoms with E-state index < -0.39 is 6.04 Å². The number of aromatic nitrogens is 2. The third-order valence-corrected chi connectivity index (χ3v) is 3.28. The van der Waals surface area contributed by atoms with Gasteiger partial charge in [0.1, 0.15) is 28.5 Å². The third-order valence-electron chi connectivity index (χ3n) is 2.53. The molecule has 0 spiro atoms. The zero-order chi connectivity index (χ0) is 14.4. The maximum Gasteiger partial charge on any atom is 0.328 e. The molecule has 0 saturated carbocycles. The highest BCUT2D eigenvalue weighted by Crippen LogP contribution is 2.27. The fourth-order valence-electron chi connectivity index (χ4n) is 1.64. The first-order chi connectivity index (χ1) is 8.99. The molecule has 0 aliphatic rings. The molecular formula is C12H19BrN4O2. The number of carbonyl (C=O) groups is 1. The molecule has 0 radical (unpaired) electrons. The SMILES string of the molecule is CNc1ncnc(NC(CC(C)C)C(=O)OC)c1Br. The van der Waals surface area contributed by atoms with Crippen LogP contribution in [0.15, 0.2) is 10.8 Å². The minimum Gasteiger partial charge on any atom is -0.467 e. The van der Waals surface area contributed by atoms with E-state index in [4.69, 9.17) is 4.74 Å². The summed E-state index contributed by atoms with van der Waals surface area (Å²) in [4.78, 5) is 20.0. The summed E-state index contributed by atoms with van der Waals surface area (Å²) in [6, 6.07) is -0.430. The van der Waals surface area contributed by atoms with Gasteiger partial charge in [-0.05, 0) is 28.3 Å². The van der Waals surface area contributed by atoms with Gasteiger partial charge in [-0.2, -0.15) is 0 Å². The van der Waals surface area contributed by atoms with Crippen LogP contribution in [0.2, 0.25) is 0 Å². The zero-order valence-corrected chi connectivity index (χ0v) is 13.1. The van der Waals surface area contributed by atoms with Crippen LogP contribution in [0.25, 0.3) is 0 Å². The van der Waals surface area contributed by atoms with Crippen molar-refractivity contribution in [1.82, 2.24) is 9.97 Å². The molecule has 19 heavy (non-hydrogen) atoms. The van der Waals surface area contributed by atoms with Gasteiger partial charge in [-0.25, -0.2) is 14.8 Å². The lowest BCUT2D eigenvalue weighted by Gasteiger charge is -2.19. The molecule has 106 valence electrons. The van der Waals surface area contributed by atoms with Crippen molar-refractivity contribution in [3.63, 3.8) is 0 Å². The summed E-state index contributed by atoms with van der Waals surface area (Å²) < 4.78 is 5.50. The lowest BCUT2D eigenvalue weighted by atomic mass is 10.0. The summed E-state index contributed by atoms with van der Waals surface area (Å²) in [7, 11) is 3.15. The summed E-state index contributed by atoms with van der Waals surface area (Å²) in [6.45, 7) is 4.09. The number of rotatable bonds is 6. The van der Waals surface area contributed by atoms with E-state index in [0.717, 1.165) is 0 Å². The molecular weight excluding hydrogens is 312 g/mol. The van der Waals surface area contributed by atoms with Crippen LogP contribution in [0.4, 0.5) is 11.6 Å². The maximum atomic E-state index is 11.8. The second kappa shape index (κ2) is 7.28. The number of nitrogens with zero attached hydrogens (tertiary/aromatic N) is 2. The van der Waals surface area contributed by atoms with E-state index >= 15 is 0 Å². The largest absolute Gasteiger partial charge is 0.467 e. The number of hydrogen-bond donors (Lipinski definition) is 2. The Labute approximate surface area is 121 Å². The highest BCUT2D eigenvalue weighted by Gasteiger charge is 2.22. The number of methoxy groups -OCH3 is 1. The van der Waals surface area contributed by atoms with Crippen LogP contribution in [0.3, 0.4) is 0 Å². The lowest BCUT2D eigenvalue weighted by Crippen LogP contribution is -2.32. The predicted molar refractivity (Wildman–Crippen MR) is 78.2 cm³/mol. The van der Waals surface area contributed by atoms with E-state index in [1.807, 2.05) is 13.8 Å². The fourth-order valence-corrected chi connectivity index (χ4v) is 2.15. The molecule has 2 N–H and O–H groups in total. The van der Waals surface area contributed by atoms with Crippen LogP contribution in [0.1, 0.15) is 20.3 Å². The number of nitrogens with one attached hydrogen (secondary N) is 2. The van der Waals surface area contributed by atoms with E-state index in [2.05, 4.69) is 36.5 Å². The molecule has 7 heteroatoms. The van der Waals surface area contributed by atoms with Crippen LogP contribution in [-0.2, 0) is 9.53 Å². The molecule has 1 unspecified atom stereocenters. The number of hydrogen-bond acceptors (Lipinski definition) is 6. The molecule has 1 rings (SSSR count). The Kier molecular flexibility index (Phi) is 6.01. The first-order valence-corrected chi connectivity index (χ1v) is 6.81. The van der Waals surface area contributed by atoms with Gasteiger partial charge in [-0.3, -0.25) is 0 Å². The van der Waals surface area contributed by atoms with Gasteiger partial charge < -0.3 is 15.4 Å². The Morgan fingerprint density at radius 3 is 2.58 bits per heavy atom. The fraction of sp³-hybridized carbons (Fsp3) is 0.583. The Balaban J connectivity index is 2.93. The lowest BCUT2D eigenvalue weighted by molar-refractivity contribution is -0.141. The average molecular weight is 331 g/mol. The van der Waals surface area contributed by atoms with Crippen LogP contribution in [0.5, 0.6) is 0 Å². The van der Waals surface area contributed by atoms with Gasteiger partial charge in [0, 0.05) is 7.05 Å². The van der Waals surface area contributed by atoms with Crippen molar-refractivity contribution in [1.29, 1.82) is 0 Å². The van der Waals surface area contributed by atoms with Crippen LogP contribution in [-0.4, -0.2) is 36.1 Å². The molecule has 0 aromatic carbocycles. The van der Waals surface area contributed by atoms with Crippen molar-refractivity contribution in [2.45, 2.75) is 26.3 Å². The molecule has 6 nitrogen and oxygen atoms in total. The summed E-state index contributed by atoms with van der Waals surface area (Å²) >= 11 is 3.41. The van der Waals surface area contributed by atoms with Crippen molar-refractivity contribution >= 4 is 33.5 Å². The summed E-state index contributed by atoms with van der Waals surface area (Å²) in [5, 5.41) is 6.03. The van der Waals surface area contributed by atoms with Crippen molar-refractivity contribution < 1.29 is 9.53 Å². The van der Waals surface area contributed by atoms with Crippen molar-refractivity contribution in [3.05, 3.63) is 10.8 Å². The monoisotopic (exact) mass is 330 g/mol. The number of ether oxygens (including phenoxy) is 1. The molecule has 1 atom stereocenters. The van der Waals surface area contributed by atoms with Crippen LogP contribution in [0, 0.1) is 5.92 Å². The van der Waals surface area contributed by atoms with Gasteiger partial charge in [0.05, 0.1) is 7.11 Å². The average Bonchev–Trinajstić information content (AvgIpc) is 2.38. The van der Waals surface area contributed by atoms with Crippen LogP contribution < -0.4 is 10.6 Å². The van der Waals surface area contributed by atoms with Gasteiger partial charge in [0.2, 0.25) is 0 Å². The molecule has 0 fully saturated rings. The molecule has 1 heterocycles. The first kappa shape index (κ1) is 15.7. The highest BCUT2D eigenvalue weighted by molar-refractivity contribution is 9.10. The molecule has 0 aliphatic carbocycles. The molecule has 1 aromatic heterocycles. The molecule has 0 bridgehead atoms. The molecule has 0 saturated heterocycles. The van der Waals surface area contributed by atoms with E-state index in [1.54, 1.807) is 7.05 Å². The van der Waals surface area contributed by atoms with Crippen LogP contribution >= 0.6 is 15.9 Å². The second-order valence-corrected chi connectivity index (χ2v) is 5.28. The Bertz CT molecular complexity index is 440. The quantitative estimate of drug-likeness (QED) is 0.779. The molecule has 0 amide bonds. The maximum absolute atomic E-state index is 11.8. The van der Waals surface area contributed by atoms with Gasteiger partial charge in [0.15, 0.2) is 0 Å². The number of carbonyl (C=O) groups excluding carboxylic acids is 1. The van der Waals surface area contributed by atoms with Crippen molar-refractivity contribution in [2.24, 2.45) is 5.92 Å². The summed E-state index contributed by atoms with van der Waals surface area (Å²) in [5.74, 6) is 1.28. The van der Waals surface area contributed by atoms with E-state index in [-0.39, 0.29) is 5.97 Å². The smallest absolute Gasteiger partial charge is 0.328 e. The standard InChI is InChI=1S/C12H19BrN4O2/c1-7(2)5-8(12(18)19-4)17-11-9(13)10(14-3)15-6-16-11/h6-8H,5H2,1-4H3,(H2,14,15,16,17). The topological polar surface area (TPSA) is 76.1 Å². The van der Waals surface area contributed by atoms with E-state index in [1.165, 1.54) is 13.4 Å². The first-order valence-electron chi connectivity index (χ1n) is 6.02. The van der Waals surface area contributed by atoms with E-state index in [0.29, 0.717) is 28.4 Å².